The fourth-order valence-electron chi connectivity index (χ4n) is 1.32. The fraction of sp³-hybridized carbons (Fsp3) is 0.231. The van der Waals surface area contributed by atoms with E-state index < -0.39 is 5.91 Å². The van der Waals surface area contributed by atoms with E-state index >= 15 is 0 Å². The number of aryl methyl sites for hydroxylation is 1. The number of aromatic hydroxyl groups is 1. The summed E-state index contributed by atoms with van der Waals surface area (Å²) in [5.74, 6) is -0.195. The zero-order valence-electron chi connectivity index (χ0n) is 10.4. The molecular weight excluding hydrogens is 266 g/mol. The van der Waals surface area contributed by atoms with E-state index in [2.05, 4.69) is 10.6 Å². The first-order valence-corrected chi connectivity index (χ1v) is 6.12. The lowest BCUT2D eigenvalue weighted by molar-refractivity contribution is -0.117. The number of phenolic OH excluding ortho intramolecular Hbond substituents is 1. The van der Waals surface area contributed by atoms with Crippen LogP contribution >= 0.6 is 11.6 Å². The Morgan fingerprint density at radius 3 is 2.95 bits per heavy atom. The Balaban J connectivity index is 2.80. The summed E-state index contributed by atoms with van der Waals surface area (Å²) in [6.07, 6.45) is 1.25. The Labute approximate surface area is 116 Å². The topological polar surface area (TPSA) is 85.2 Å². The van der Waals surface area contributed by atoms with Gasteiger partial charge in [-0.3, -0.25) is 4.79 Å². The van der Waals surface area contributed by atoms with Crippen molar-refractivity contribution in [2.45, 2.75) is 6.92 Å². The van der Waals surface area contributed by atoms with Gasteiger partial charge in [-0.1, -0.05) is 6.07 Å². The maximum atomic E-state index is 11.5. The summed E-state index contributed by atoms with van der Waals surface area (Å²) in [5, 5.41) is 23.7. The number of nitrogens with zero attached hydrogens (tertiary/aromatic N) is 1. The summed E-state index contributed by atoms with van der Waals surface area (Å²) in [4.78, 5) is 11.5. The van der Waals surface area contributed by atoms with Gasteiger partial charge in [0.25, 0.3) is 5.91 Å². The lowest BCUT2D eigenvalue weighted by Gasteiger charge is -2.06. The van der Waals surface area contributed by atoms with Gasteiger partial charge in [0, 0.05) is 18.6 Å². The third-order valence-electron chi connectivity index (χ3n) is 2.27. The molecule has 1 aromatic rings. The Hall–Kier alpha value is -2.19. The van der Waals surface area contributed by atoms with Gasteiger partial charge in [-0.2, -0.15) is 5.26 Å². The molecule has 0 unspecified atom stereocenters. The maximum absolute atomic E-state index is 11.5. The van der Waals surface area contributed by atoms with Crippen molar-refractivity contribution in [2.75, 3.05) is 17.7 Å². The second kappa shape index (κ2) is 7.29. The normalized spacial score (nSPS) is 10.7. The number of nitrogens with one attached hydrogen (secondary N) is 2. The van der Waals surface area contributed by atoms with Crippen LogP contribution in [-0.4, -0.2) is 23.4 Å². The standard InChI is InChI=1S/C13H14ClN3O2/c1-9-2-3-12(18)11(6-9)17-8-10(7-15)13(19)16-5-4-14/h2-3,6,8,17-18H,4-5H2,1H3,(H,16,19)/b10-8-. The average molecular weight is 280 g/mol. The van der Waals surface area contributed by atoms with Gasteiger partial charge in [0.2, 0.25) is 0 Å². The van der Waals surface area contributed by atoms with Crippen LogP contribution in [-0.2, 0) is 4.79 Å². The summed E-state index contributed by atoms with van der Waals surface area (Å²) < 4.78 is 0. The number of alkyl halides is 1. The van der Waals surface area contributed by atoms with Gasteiger partial charge in [-0.05, 0) is 24.6 Å². The number of benzene rings is 1. The van der Waals surface area contributed by atoms with Crippen molar-refractivity contribution >= 4 is 23.2 Å². The molecule has 19 heavy (non-hydrogen) atoms. The minimum atomic E-state index is -0.511. The molecule has 0 atom stereocenters. The first-order valence-electron chi connectivity index (χ1n) is 5.59. The molecule has 5 nitrogen and oxygen atoms in total. The van der Waals surface area contributed by atoms with Crippen molar-refractivity contribution in [3.63, 3.8) is 0 Å². The van der Waals surface area contributed by atoms with Gasteiger partial charge in [-0.15, -0.1) is 11.6 Å². The maximum Gasteiger partial charge on any atom is 0.263 e. The lowest BCUT2D eigenvalue weighted by Crippen LogP contribution is -2.26. The van der Waals surface area contributed by atoms with Crippen molar-refractivity contribution < 1.29 is 9.90 Å². The van der Waals surface area contributed by atoms with Crippen molar-refractivity contribution in [3.05, 3.63) is 35.5 Å². The molecule has 1 aromatic carbocycles. The fourth-order valence-corrected chi connectivity index (χ4v) is 1.41. The summed E-state index contributed by atoms with van der Waals surface area (Å²) in [5.41, 5.74) is 1.28. The van der Waals surface area contributed by atoms with Crippen molar-refractivity contribution in [1.82, 2.24) is 5.32 Å². The molecule has 0 heterocycles. The molecule has 0 radical (unpaired) electrons. The quantitative estimate of drug-likeness (QED) is 0.332. The molecule has 0 aliphatic heterocycles. The molecule has 0 aliphatic carbocycles. The van der Waals surface area contributed by atoms with Crippen LogP contribution < -0.4 is 10.6 Å². The van der Waals surface area contributed by atoms with Crippen molar-refractivity contribution in [3.8, 4) is 11.8 Å². The van der Waals surface area contributed by atoms with Crippen LogP contribution in [0, 0.1) is 18.3 Å². The van der Waals surface area contributed by atoms with Crippen LogP contribution in [0.4, 0.5) is 5.69 Å². The smallest absolute Gasteiger partial charge is 0.263 e. The zero-order valence-corrected chi connectivity index (χ0v) is 11.2. The molecule has 0 spiro atoms. The van der Waals surface area contributed by atoms with Gasteiger partial charge >= 0.3 is 0 Å². The third-order valence-corrected chi connectivity index (χ3v) is 2.46. The highest BCUT2D eigenvalue weighted by Gasteiger charge is 2.08. The van der Waals surface area contributed by atoms with Crippen LogP contribution in [0.1, 0.15) is 5.56 Å². The second-order valence-electron chi connectivity index (χ2n) is 3.78. The number of halogens is 1. The van der Waals surface area contributed by atoms with Crippen LogP contribution in [0.5, 0.6) is 5.75 Å². The van der Waals surface area contributed by atoms with E-state index in [1.807, 2.05) is 6.92 Å². The third kappa shape index (κ3) is 4.53. The minimum Gasteiger partial charge on any atom is -0.506 e. The molecule has 0 saturated carbocycles. The Kier molecular flexibility index (Phi) is 5.71. The van der Waals surface area contributed by atoms with Crippen LogP contribution in [0.25, 0.3) is 0 Å². The highest BCUT2D eigenvalue weighted by atomic mass is 35.5. The Morgan fingerprint density at radius 2 is 2.32 bits per heavy atom. The predicted molar refractivity (Wildman–Crippen MR) is 73.9 cm³/mol. The molecular formula is C13H14ClN3O2. The summed E-state index contributed by atoms with van der Waals surface area (Å²) in [6, 6.07) is 6.77. The van der Waals surface area contributed by atoms with Gasteiger partial charge in [0.05, 0.1) is 5.69 Å². The number of nitriles is 1. The van der Waals surface area contributed by atoms with Crippen LogP contribution in [0.3, 0.4) is 0 Å². The number of rotatable bonds is 5. The van der Waals surface area contributed by atoms with Crippen LogP contribution in [0.15, 0.2) is 30.0 Å². The number of hydrogen-bond acceptors (Lipinski definition) is 4. The first kappa shape index (κ1) is 14.9. The monoisotopic (exact) mass is 279 g/mol. The van der Waals surface area contributed by atoms with Crippen molar-refractivity contribution in [1.29, 1.82) is 5.26 Å². The number of carbonyl (C=O) groups excluding carboxylic acids is 1. The molecule has 1 rings (SSSR count). The van der Waals surface area contributed by atoms with Gasteiger partial charge in [0.15, 0.2) is 0 Å². The first-order chi connectivity index (χ1) is 9.08. The average Bonchev–Trinajstić information content (AvgIpc) is 2.40. The number of hydrogen-bond donors (Lipinski definition) is 3. The molecule has 0 aromatic heterocycles. The van der Waals surface area contributed by atoms with E-state index in [9.17, 15) is 9.90 Å². The Bertz CT molecular complexity index is 535. The van der Waals surface area contributed by atoms with Crippen LogP contribution in [0.2, 0.25) is 0 Å². The lowest BCUT2D eigenvalue weighted by atomic mass is 10.2. The molecule has 100 valence electrons. The number of anilines is 1. The molecule has 0 saturated heterocycles. The minimum absolute atomic E-state index is 0.0420. The number of amides is 1. The molecule has 6 heteroatoms. The molecule has 1 amide bonds. The second-order valence-corrected chi connectivity index (χ2v) is 4.16. The van der Waals surface area contributed by atoms with Gasteiger partial charge in [-0.25, -0.2) is 0 Å². The predicted octanol–water partition coefficient (Wildman–Crippen LogP) is 1.87. The van der Waals surface area contributed by atoms with E-state index in [1.54, 1.807) is 18.2 Å². The highest BCUT2D eigenvalue weighted by molar-refractivity contribution is 6.18. The van der Waals surface area contributed by atoms with E-state index in [1.165, 1.54) is 12.3 Å². The van der Waals surface area contributed by atoms with E-state index in [4.69, 9.17) is 16.9 Å². The SMILES string of the molecule is Cc1ccc(O)c(N/C=C(/C#N)C(=O)NCCCl)c1. The molecule has 3 N–H and O–H groups in total. The molecule has 0 bridgehead atoms. The van der Waals surface area contributed by atoms with E-state index in [0.29, 0.717) is 5.69 Å². The van der Waals surface area contributed by atoms with E-state index in [-0.39, 0.29) is 23.7 Å². The Morgan fingerprint density at radius 1 is 1.58 bits per heavy atom. The van der Waals surface area contributed by atoms with E-state index in [0.717, 1.165) is 5.56 Å². The zero-order chi connectivity index (χ0) is 14.3. The van der Waals surface area contributed by atoms with Crippen molar-refractivity contribution in [2.24, 2.45) is 0 Å². The number of carbonyl (C=O) groups is 1. The number of phenols is 1. The summed E-state index contributed by atoms with van der Waals surface area (Å²) >= 11 is 5.44. The molecule has 0 aliphatic rings. The summed E-state index contributed by atoms with van der Waals surface area (Å²) in [6.45, 7) is 2.15. The van der Waals surface area contributed by atoms with Gasteiger partial charge < -0.3 is 15.7 Å². The highest BCUT2D eigenvalue weighted by Crippen LogP contribution is 2.23. The molecule has 0 fully saturated rings. The van der Waals surface area contributed by atoms with Gasteiger partial charge in [0.1, 0.15) is 17.4 Å². The largest absolute Gasteiger partial charge is 0.506 e. The summed E-state index contributed by atoms with van der Waals surface area (Å²) in [7, 11) is 0.